The SMILES string of the molecule is CCCOc1ccc(C2/C(=C(\O)c3cc(Cl)cc(Cl)c3OC)C(=O)C(=O)N2CCCOC)cc1. The minimum atomic E-state index is -0.820. The lowest BCUT2D eigenvalue weighted by Gasteiger charge is -2.25. The summed E-state index contributed by atoms with van der Waals surface area (Å²) >= 11 is 12.4. The number of hydrogen-bond acceptors (Lipinski definition) is 6. The van der Waals surface area contributed by atoms with Gasteiger partial charge in [0.15, 0.2) is 0 Å². The zero-order valence-electron chi connectivity index (χ0n) is 19.3. The van der Waals surface area contributed by atoms with Gasteiger partial charge in [0, 0.05) is 25.3 Å². The molecule has 1 aliphatic heterocycles. The van der Waals surface area contributed by atoms with Gasteiger partial charge in [-0.2, -0.15) is 0 Å². The molecule has 0 radical (unpaired) electrons. The third-order valence-electron chi connectivity index (χ3n) is 5.42. The summed E-state index contributed by atoms with van der Waals surface area (Å²) in [7, 11) is 2.96. The topological polar surface area (TPSA) is 85.3 Å². The number of Topliss-reactive ketones (excluding diaryl/α,β-unsaturated/α-hetero) is 1. The summed E-state index contributed by atoms with van der Waals surface area (Å²) in [5, 5.41) is 11.7. The number of methoxy groups -OCH3 is 2. The predicted molar refractivity (Wildman–Crippen MR) is 131 cm³/mol. The zero-order chi connectivity index (χ0) is 24.8. The second-order valence-corrected chi connectivity index (χ2v) is 8.57. The van der Waals surface area contributed by atoms with Crippen LogP contribution in [0.2, 0.25) is 10.0 Å². The molecule has 1 unspecified atom stereocenters. The van der Waals surface area contributed by atoms with Gasteiger partial charge in [-0.3, -0.25) is 9.59 Å². The molecule has 34 heavy (non-hydrogen) atoms. The molecule has 0 aromatic heterocycles. The van der Waals surface area contributed by atoms with E-state index in [1.54, 1.807) is 31.4 Å². The number of halogens is 2. The molecule has 0 spiro atoms. The fraction of sp³-hybridized carbons (Fsp3) is 0.360. The number of aliphatic hydroxyl groups is 1. The van der Waals surface area contributed by atoms with Gasteiger partial charge in [0.2, 0.25) is 0 Å². The van der Waals surface area contributed by atoms with Gasteiger partial charge in [0.25, 0.3) is 11.7 Å². The lowest BCUT2D eigenvalue weighted by molar-refractivity contribution is -0.140. The first-order valence-electron chi connectivity index (χ1n) is 10.9. The number of ketones is 1. The van der Waals surface area contributed by atoms with Crippen LogP contribution in [0.5, 0.6) is 11.5 Å². The van der Waals surface area contributed by atoms with Crippen molar-refractivity contribution in [2.24, 2.45) is 0 Å². The van der Waals surface area contributed by atoms with E-state index in [0.29, 0.717) is 30.9 Å². The molecule has 1 atom stereocenters. The van der Waals surface area contributed by atoms with Gasteiger partial charge in [0.1, 0.15) is 17.3 Å². The number of carbonyl (C=O) groups is 2. The molecule has 1 N–H and O–H groups in total. The van der Waals surface area contributed by atoms with Gasteiger partial charge >= 0.3 is 0 Å². The Bertz CT molecular complexity index is 1080. The van der Waals surface area contributed by atoms with Gasteiger partial charge in [0.05, 0.1) is 35.9 Å². The highest BCUT2D eigenvalue weighted by molar-refractivity contribution is 6.46. The second-order valence-electron chi connectivity index (χ2n) is 7.72. The van der Waals surface area contributed by atoms with Crippen molar-refractivity contribution in [1.29, 1.82) is 0 Å². The summed E-state index contributed by atoms with van der Waals surface area (Å²) < 4.78 is 16.1. The number of benzene rings is 2. The number of likely N-dealkylation sites (tertiary alicyclic amines) is 1. The number of nitrogens with zero attached hydrogens (tertiary/aromatic N) is 1. The van der Waals surface area contributed by atoms with Gasteiger partial charge in [-0.25, -0.2) is 0 Å². The summed E-state index contributed by atoms with van der Waals surface area (Å²) in [6, 6.07) is 9.20. The molecular weight excluding hydrogens is 481 g/mol. The highest BCUT2D eigenvalue weighted by Gasteiger charge is 2.46. The average molecular weight is 508 g/mol. The summed E-state index contributed by atoms with van der Waals surface area (Å²) in [5.74, 6) is -1.10. The monoisotopic (exact) mass is 507 g/mol. The van der Waals surface area contributed by atoms with Crippen molar-refractivity contribution < 1.29 is 28.9 Å². The molecule has 1 saturated heterocycles. The highest BCUT2D eigenvalue weighted by atomic mass is 35.5. The van der Waals surface area contributed by atoms with Crippen LogP contribution in [0, 0.1) is 0 Å². The maximum absolute atomic E-state index is 13.2. The number of aliphatic hydroxyl groups excluding tert-OH is 1. The van der Waals surface area contributed by atoms with Crippen LogP contribution in [0.1, 0.15) is 36.9 Å². The predicted octanol–water partition coefficient (Wildman–Crippen LogP) is 5.25. The zero-order valence-corrected chi connectivity index (χ0v) is 20.8. The Morgan fingerprint density at radius 1 is 1.09 bits per heavy atom. The molecule has 0 bridgehead atoms. The van der Waals surface area contributed by atoms with E-state index in [4.69, 9.17) is 37.4 Å². The molecule has 9 heteroatoms. The first kappa shape index (κ1) is 25.9. The Kier molecular flexibility index (Phi) is 8.83. The molecule has 1 fully saturated rings. The lowest BCUT2D eigenvalue weighted by atomic mass is 9.95. The van der Waals surface area contributed by atoms with E-state index in [-0.39, 0.29) is 33.5 Å². The van der Waals surface area contributed by atoms with Gasteiger partial charge in [-0.05, 0) is 42.7 Å². The lowest BCUT2D eigenvalue weighted by Crippen LogP contribution is -2.31. The Hall–Kier alpha value is -2.74. The van der Waals surface area contributed by atoms with Crippen LogP contribution in [-0.2, 0) is 14.3 Å². The summed E-state index contributed by atoms with van der Waals surface area (Å²) in [5.41, 5.74) is 0.707. The van der Waals surface area contributed by atoms with Gasteiger partial charge in [-0.1, -0.05) is 42.3 Å². The molecule has 0 saturated carbocycles. The van der Waals surface area contributed by atoms with Crippen LogP contribution in [-0.4, -0.2) is 55.7 Å². The first-order valence-corrected chi connectivity index (χ1v) is 11.6. The first-order chi connectivity index (χ1) is 16.3. The molecule has 1 aliphatic rings. The Morgan fingerprint density at radius 3 is 2.41 bits per heavy atom. The molecular formula is C25H27Cl2NO6. The largest absolute Gasteiger partial charge is 0.507 e. The van der Waals surface area contributed by atoms with Crippen LogP contribution >= 0.6 is 23.2 Å². The fourth-order valence-electron chi connectivity index (χ4n) is 3.89. The number of hydrogen-bond donors (Lipinski definition) is 1. The molecule has 3 rings (SSSR count). The molecule has 7 nitrogen and oxygen atoms in total. The summed E-state index contributed by atoms with van der Waals surface area (Å²) in [6.45, 7) is 3.26. The van der Waals surface area contributed by atoms with E-state index in [0.717, 1.165) is 6.42 Å². The molecule has 0 aliphatic carbocycles. The maximum atomic E-state index is 13.2. The van der Waals surface area contributed by atoms with Crippen molar-refractivity contribution in [1.82, 2.24) is 4.90 Å². The summed E-state index contributed by atoms with van der Waals surface area (Å²) in [4.78, 5) is 27.6. The second kappa shape index (κ2) is 11.6. The van der Waals surface area contributed by atoms with Crippen molar-refractivity contribution in [2.45, 2.75) is 25.8 Å². The van der Waals surface area contributed by atoms with Crippen molar-refractivity contribution in [3.05, 3.63) is 63.1 Å². The number of amides is 1. The van der Waals surface area contributed by atoms with Crippen LogP contribution in [0.15, 0.2) is 42.0 Å². The summed E-state index contributed by atoms with van der Waals surface area (Å²) in [6.07, 6.45) is 1.38. The number of ether oxygens (including phenoxy) is 3. The fourth-order valence-corrected chi connectivity index (χ4v) is 4.46. The third-order valence-corrected chi connectivity index (χ3v) is 5.92. The van der Waals surface area contributed by atoms with Crippen molar-refractivity contribution in [2.75, 3.05) is 34.0 Å². The number of rotatable bonds is 10. The van der Waals surface area contributed by atoms with Crippen LogP contribution in [0.4, 0.5) is 0 Å². The molecule has 1 amide bonds. The van der Waals surface area contributed by atoms with Crippen molar-refractivity contribution in [3.63, 3.8) is 0 Å². The molecule has 1 heterocycles. The van der Waals surface area contributed by atoms with Crippen LogP contribution in [0.25, 0.3) is 5.76 Å². The Balaban J connectivity index is 2.15. The van der Waals surface area contributed by atoms with Crippen molar-refractivity contribution in [3.8, 4) is 11.5 Å². The smallest absolute Gasteiger partial charge is 0.295 e. The molecule has 2 aromatic carbocycles. The molecule has 2 aromatic rings. The Morgan fingerprint density at radius 2 is 1.79 bits per heavy atom. The molecule has 182 valence electrons. The standard InChI is InChI=1S/C25H27Cl2NO6/c1-4-11-34-17-8-6-15(7-9-17)21-20(23(30)25(31)28(21)10-5-12-32-2)22(29)18-13-16(26)14-19(27)24(18)33-3/h6-9,13-14,21,29H,4-5,10-12H2,1-3H3/b22-20+. The van der Waals surface area contributed by atoms with E-state index in [2.05, 4.69) is 0 Å². The van der Waals surface area contributed by atoms with Gasteiger partial charge < -0.3 is 24.2 Å². The third kappa shape index (κ3) is 5.32. The minimum Gasteiger partial charge on any atom is -0.507 e. The highest BCUT2D eigenvalue weighted by Crippen LogP contribution is 2.43. The Labute approximate surface area is 208 Å². The van der Waals surface area contributed by atoms with E-state index in [1.807, 2.05) is 6.92 Å². The van der Waals surface area contributed by atoms with E-state index < -0.39 is 23.5 Å². The van der Waals surface area contributed by atoms with Crippen LogP contribution in [0.3, 0.4) is 0 Å². The minimum absolute atomic E-state index is 0.0683. The van der Waals surface area contributed by atoms with E-state index in [9.17, 15) is 14.7 Å². The quantitative estimate of drug-likeness (QED) is 0.204. The van der Waals surface area contributed by atoms with Gasteiger partial charge in [-0.15, -0.1) is 0 Å². The number of carbonyl (C=O) groups excluding carboxylic acids is 2. The maximum Gasteiger partial charge on any atom is 0.295 e. The average Bonchev–Trinajstić information content (AvgIpc) is 3.07. The van der Waals surface area contributed by atoms with Crippen molar-refractivity contribution >= 4 is 40.7 Å². The van der Waals surface area contributed by atoms with E-state index >= 15 is 0 Å². The van der Waals surface area contributed by atoms with E-state index in [1.165, 1.54) is 24.1 Å². The van der Waals surface area contributed by atoms with Crippen LogP contribution < -0.4 is 9.47 Å². The normalized spacial score (nSPS) is 17.3.